The van der Waals surface area contributed by atoms with Crippen molar-refractivity contribution in [2.75, 3.05) is 39.8 Å². The summed E-state index contributed by atoms with van der Waals surface area (Å²) in [6, 6.07) is 5.93. The number of ether oxygens (including phenoxy) is 1. The second kappa shape index (κ2) is 14.3. The number of rotatable bonds is 5. The van der Waals surface area contributed by atoms with Crippen molar-refractivity contribution in [2.45, 2.75) is 51.6 Å². The molecule has 15 heteroatoms. The molecule has 1 aliphatic carbocycles. The number of aromatic nitrogens is 1. The molecule has 1 spiro atoms. The average Bonchev–Trinajstić information content (AvgIpc) is 3.46. The van der Waals surface area contributed by atoms with Gasteiger partial charge in [0.1, 0.15) is 0 Å². The van der Waals surface area contributed by atoms with Gasteiger partial charge in [0.15, 0.2) is 0 Å². The minimum Gasteiger partial charge on any atom is -0.475 e. The van der Waals surface area contributed by atoms with Crippen molar-refractivity contribution in [2.24, 2.45) is 16.7 Å². The molecule has 0 radical (unpaired) electrons. The number of pyridine rings is 1. The monoisotopic (exact) mass is 611 g/mol. The van der Waals surface area contributed by atoms with Crippen molar-refractivity contribution >= 4 is 17.8 Å². The van der Waals surface area contributed by atoms with Crippen LogP contribution in [0.3, 0.4) is 0 Å². The van der Waals surface area contributed by atoms with Crippen molar-refractivity contribution in [3.63, 3.8) is 0 Å². The Morgan fingerprint density at radius 3 is 2.14 bits per heavy atom. The van der Waals surface area contributed by atoms with Crippen LogP contribution in [0.25, 0.3) is 0 Å². The van der Waals surface area contributed by atoms with Crippen molar-refractivity contribution in [1.29, 1.82) is 0 Å². The quantitative estimate of drug-likeness (QED) is 0.372. The van der Waals surface area contributed by atoms with E-state index in [-0.39, 0.29) is 10.8 Å². The van der Waals surface area contributed by atoms with Gasteiger partial charge in [-0.2, -0.15) is 26.3 Å². The van der Waals surface area contributed by atoms with Gasteiger partial charge in [-0.25, -0.2) is 9.59 Å². The standard InChI is InChI=1S/C23H33N3O2.2C2HF3O2/c1-22(9-5-3-6-10-22)21(27)26-13-11-23(18-26)17-25(2)14-19(23)15-28-16-20-8-4-7-12-24-20;2*3-2(4,5)1(6)7/h3-5,7-8,12,19H,6,9-11,13-18H2,1-2H3;2*(H,6,7)/t19-,22?,23+;;/m0../s1. The maximum absolute atomic E-state index is 13.3. The van der Waals surface area contributed by atoms with E-state index in [9.17, 15) is 31.1 Å². The molecule has 0 aromatic carbocycles. The molecule has 0 bridgehead atoms. The number of nitrogens with zero attached hydrogens (tertiary/aromatic N) is 3. The molecule has 0 saturated carbocycles. The van der Waals surface area contributed by atoms with Gasteiger partial charge < -0.3 is 24.7 Å². The average molecular weight is 612 g/mol. The van der Waals surface area contributed by atoms with Gasteiger partial charge in [0.2, 0.25) is 5.91 Å². The van der Waals surface area contributed by atoms with Crippen LogP contribution >= 0.6 is 0 Å². The lowest BCUT2D eigenvalue weighted by Crippen LogP contribution is -2.44. The van der Waals surface area contributed by atoms with Gasteiger partial charge in [-0.15, -0.1) is 0 Å². The third-order valence-electron chi connectivity index (χ3n) is 7.55. The van der Waals surface area contributed by atoms with Crippen LogP contribution in [0.5, 0.6) is 0 Å². The maximum Gasteiger partial charge on any atom is 0.490 e. The molecule has 2 fully saturated rings. The van der Waals surface area contributed by atoms with Crippen LogP contribution in [0.1, 0.15) is 38.3 Å². The highest BCUT2D eigenvalue weighted by Crippen LogP contribution is 2.45. The van der Waals surface area contributed by atoms with Gasteiger partial charge in [-0.3, -0.25) is 9.78 Å². The first kappa shape index (κ1) is 35.0. The number of halogens is 6. The van der Waals surface area contributed by atoms with E-state index in [1.807, 2.05) is 24.4 Å². The number of amides is 1. The van der Waals surface area contributed by atoms with Crippen LogP contribution in [0.4, 0.5) is 26.3 Å². The molecule has 3 heterocycles. The summed E-state index contributed by atoms with van der Waals surface area (Å²) in [5, 5.41) is 14.2. The van der Waals surface area contributed by atoms with E-state index in [2.05, 4.69) is 40.9 Å². The van der Waals surface area contributed by atoms with Gasteiger partial charge >= 0.3 is 24.3 Å². The molecule has 3 aliphatic rings. The first-order chi connectivity index (χ1) is 19.4. The lowest BCUT2D eigenvalue weighted by atomic mass is 9.76. The Morgan fingerprint density at radius 2 is 1.64 bits per heavy atom. The highest BCUT2D eigenvalue weighted by molar-refractivity contribution is 5.83. The van der Waals surface area contributed by atoms with Gasteiger partial charge in [0.25, 0.3) is 0 Å². The predicted octanol–water partition coefficient (Wildman–Crippen LogP) is 4.39. The number of allylic oxidation sites excluding steroid dienone is 2. The van der Waals surface area contributed by atoms with Gasteiger partial charge in [0, 0.05) is 43.7 Å². The van der Waals surface area contributed by atoms with E-state index in [0.717, 1.165) is 64.2 Å². The number of carbonyl (C=O) groups excluding carboxylic acids is 1. The van der Waals surface area contributed by atoms with Crippen LogP contribution in [0.2, 0.25) is 0 Å². The summed E-state index contributed by atoms with van der Waals surface area (Å²) in [6.45, 7) is 7.33. The van der Waals surface area contributed by atoms with Gasteiger partial charge in [-0.05, 0) is 44.9 Å². The highest BCUT2D eigenvalue weighted by Gasteiger charge is 2.52. The molecule has 2 N–H and O–H groups in total. The Balaban J connectivity index is 0.000000367. The number of alkyl halides is 6. The Morgan fingerprint density at radius 1 is 1.02 bits per heavy atom. The van der Waals surface area contributed by atoms with E-state index in [0.29, 0.717) is 18.4 Å². The molecule has 4 rings (SSSR count). The number of likely N-dealkylation sites (tertiary alicyclic amines) is 2. The van der Waals surface area contributed by atoms with E-state index in [1.165, 1.54) is 0 Å². The first-order valence-electron chi connectivity index (χ1n) is 13.1. The van der Waals surface area contributed by atoms with Crippen LogP contribution in [0.15, 0.2) is 36.5 Å². The van der Waals surface area contributed by atoms with Crippen molar-refractivity contribution in [3.05, 3.63) is 42.2 Å². The Kier molecular flexibility index (Phi) is 11.9. The molecule has 236 valence electrons. The minimum absolute atomic E-state index is 0.176. The van der Waals surface area contributed by atoms with Crippen LogP contribution in [-0.4, -0.2) is 95.0 Å². The molecule has 1 aromatic heterocycles. The first-order valence-corrected chi connectivity index (χ1v) is 13.1. The SMILES string of the molecule is CN1C[C@@H](COCc2ccccn2)[C@]2(CCN(C(=O)C3(C)CC=CCC3)C2)C1.O=C(O)C(F)(F)F.O=C(O)C(F)(F)F. The molecule has 3 atom stereocenters. The van der Waals surface area contributed by atoms with E-state index >= 15 is 0 Å². The molecule has 2 aliphatic heterocycles. The minimum atomic E-state index is -5.08. The van der Waals surface area contributed by atoms with Gasteiger partial charge in [0.05, 0.1) is 24.3 Å². The van der Waals surface area contributed by atoms with E-state index in [1.54, 1.807) is 0 Å². The molecular weight excluding hydrogens is 576 g/mol. The summed E-state index contributed by atoms with van der Waals surface area (Å²) >= 11 is 0. The highest BCUT2D eigenvalue weighted by atomic mass is 19.4. The fourth-order valence-electron chi connectivity index (χ4n) is 5.39. The molecule has 1 amide bonds. The molecule has 42 heavy (non-hydrogen) atoms. The molecule has 9 nitrogen and oxygen atoms in total. The topological polar surface area (TPSA) is 120 Å². The molecule has 1 unspecified atom stereocenters. The summed E-state index contributed by atoms with van der Waals surface area (Å²) in [7, 11) is 2.19. The van der Waals surface area contributed by atoms with Crippen molar-refractivity contribution in [1.82, 2.24) is 14.8 Å². The predicted molar refractivity (Wildman–Crippen MR) is 137 cm³/mol. The smallest absolute Gasteiger partial charge is 0.475 e. The normalized spacial score (nSPS) is 25.8. The lowest BCUT2D eigenvalue weighted by molar-refractivity contribution is -0.193. The molecule has 2 saturated heterocycles. The second-order valence-electron chi connectivity index (χ2n) is 10.9. The number of aliphatic carboxylic acids is 2. The van der Waals surface area contributed by atoms with E-state index < -0.39 is 24.3 Å². The Labute approximate surface area is 239 Å². The number of hydrogen-bond acceptors (Lipinski definition) is 6. The third kappa shape index (κ3) is 9.96. The summed E-state index contributed by atoms with van der Waals surface area (Å²) in [6.07, 6.45) is 0.00598. The van der Waals surface area contributed by atoms with Gasteiger partial charge in [-0.1, -0.05) is 25.1 Å². The largest absolute Gasteiger partial charge is 0.490 e. The number of carbonyl (C=O) groups is 3. The second-order valence-corrected chi connectivity index (χ2v) is 10.9. The third-order valence-corrected chi connectivity index (χ3v) is 7.55. The zero-order valence-corrected chi connectivity index (χ0v) is 23.2. The number of carboxylic acids is 2. The summed E-state index contributed by atoms with van der Waals surface area (Å²) in [5.41, 5.74) is 0.940. The Hall–Kier alpha value is -3.20. The van der Waals surface area contributed by atoms with Crippen LogP contribution in [-0.2, 0) is 25.7 Å². The summed E-state index contributed by atoms with van der Waals surface area (Å²) in [5.74, 6) is -4.69. The van der Waals surface area contributed by atoms with Crippen molar-refractivity contribution in [3.8, 4) is 0 Å². The van der Waals surface area contributed by atoms with Crippen molar-refractivity contribution < 1.29 is 55.7 Å². The number of carboxylic acid groups (broad SMARTS) is 2. The molecule has 1 aromatic rings. The van der Waals surface area contributed by atoms with Crippen LogP contribution < -0.4 is 0 Å². The fourth-order valence-corrected chi connectivity index (χ4v) is 5.39. The van der Waals surface area contributed by atoms with E-state index in [4.69, 9.17) is 24.5 Å². The number of hydrogen-bond donors (Lipinski definition) is 2. The Bertz CT molecular complexity index is 1080. The summed E-state index contributed by atoms with van der Waals surface area (Å²) < 4.78 is 69.5. The fraction of sp³-hybridized carbons (Fsp3) is 0.630. The zero-order chi connectivity index (χ0) is 31.8. The summed E-state index contributed by atoms with van der Waals surface area (Å²) in [4.78, 5) is 40.0. The molecular formula is C27H35F6N3O6. The maximum atomic E-state index is 13.3. The van der Waals surface area contributed by atoms with Crippen LogP contribution in [0, 0.1) is 16.7 Å². The zero-order valence-electron chi connectivity index (χ0n) is 23.2. The lowest BCUT2D eigenvalue weighted by Gasteiger charge is -2.35.